The first-order chi connectivity index (χ1) is 8.81. The standard InChI is InChI=1S/C16H24N2/c17-15-7-4-12(5-8-15)11-18-16-9-6-13-2-1-3-14(13)10-16/h6,9-10,12,15,18H,1-5,7-8,11,17H2/t12-,15-. The molecule has 1 saturated carbocycles. The maximum Gasteiger partial charge on any atom is 0.0343 e. The predicted molar refractivity (Wildman–Crippen MR) is 76.9 cm³/mol. The third kappa shape index (κ3) is 2.69. The summed E-state index contributed by atoms with van der Waals surface area (Å²) in [4.78, 5) is 0. The minimum atomic E-state index is 0.459. The highest BCUT2D eigenvalue weighted by atomic mass is 14.9. The van der Waals surface area contributed by atoms with Crippen LogP contribution < -0.4 is 11.1 Å². The van der Waals surface area contributed by atoms with Gasteiger partial charge in [0.2, 0.25) is 0 Å². The van der Waals surface area contributed by atoms with Gasteiger partial charge in [-0.3, -0.25) is 0 Å². The summed E-state index contributed by atoms with van der Waals surface area (Å²) < 4.78 is 0. The first kappa shape index (κ1) is 12.0. The van der Waals surface area contributed by atoms with Crippen LogP contribution in [-0.2, 0) is 12.8 Å². The lowest BCUT2D eigenvalue weighted by molar-refractivity contribution is 0.339. The van der Waals surface area contributed by atoms with Crippen LogP contribution in [0.4, 0.5) is 5.69 Å². The van der Waals surface area contributed by atoms with Crippen molar-refractivity contribution >= 4 is 5.69 Å². The third-order valence-corrected chi connectivity index (χ3v) is 4.58. The Bertz CT molecular complexity index is 406. The van der Waals surface area contributed by atoms with Gasteiger partial charge in [0.15, 0.2) is 0 Å². The second-order valence-corrected chi connectivity index (χ2v) is 6.00. The lowest BCUT2D eigenvalue weighted by atomic mass is 9.86. The quantitative estimate of drug-likeness (QED) is 0.857. The van der Waals surface area contributed by atoms with Crippen LogP contribution in [-0.4, -0.2) is 12.6 Å². The molecule has 2 aliphatic carbocycles. The second kappa shape index (κ2) is 5.31. The molecule has 2 heteroatoms. The van der Waals surface area contributed by atoms with E-state index in [0.29, 0.717) is 6.04 Å². The van der Waals surface area contributed by atoms with Gasteiger partial charge in [0.05, 0.1) is 0 Å². The summed E-state index contributed by atoms with van der Waals surface area (Å²) in [6.45, 7) is 1.12. The van der Waals surface area contributed by atoms with Gasteiger partial charge in [-0.2, -0.15) is 0 Å². The lowest BCUT2D eigenvalue weighted by Gasteiger charge is -2.26. The summed E-state index contributed by atoms with van der Waals surface area (Å²) in [5.74, 6) is 0.818. The van der Waals surface area contributed by atoms with Crippen molar-refractivity contribution in [3.05, 3.63) is 29.3 Å². The highest BCUT2D eigenvalue weighted by Crippen LogP contribution is 2.26. The molecule has 0 unspecified atom stereocenters. The van der Waals surface area contributed by atoms with E-state index >= 15 is 0 Å². The number of anilines is 1. The molecule has 18 heavy (non-hydrogen) atoms. The van der Waals surface area contributed by atoms with Gasteiger partial charge < -0.3 is 11.1 Å². The Morgan fingerprint density at radius 2 is 1.83 bits per heavy atom. The molecule has 0 aromatic heterocycles. The van der Waals surface area contributed by atoms with Crippen LogP contribution >= 0.6 is 0 Å². The average molecular weight is 244 g/mol. The molecule has 0 radical (unpaired) electrons. The average Bonchev–Trinajstić information content (AvgIpc) is 2.85. The van der Waals surface area contributed by atoms with Crippen LogP contribution in [0.3, 0.4) is 0 Å². The topological polar surface area (TPSA) is 38.0 Å². The van der Waals surface area contributed by atoms with Crippen molar-refractivity contribution in [3.63, 3.8) is 0 Å². The predicted octanol–water partition coefficient (Wildman–Crippen LogP) is 3.10. The van der Waals surface area contributed by atoms with Gasteiger partial charge in [-0.05, 0) is 74.1 Å². The monoisotopic (exact) mass is 244 g/mol. The van der Waals surface area contributed by atoms with Crippen LogP contribution in [0.2, 0.25) is 0 Å². The van der Waals surface area contributed by atoms with Crippen molar-refractivity contribution in [1.82, 2.24) is 0 Å². The summed E-state index contributed by atoms with van der Waals surface area (Å²) in [5.41, 5.74) is 10.4. The highest BCUT2D eigenvalue weighted by Gasteiger charge is 2.18. The number of fused-ring (bicyclic) bond motifs is 1. The minimum Gasteiger partial charge on any atom is -0.385 e. The third-order valence-electron chi connectivity index (χ3n) is 4.58. The van der Waals surface area contributed by atoms with Crippen LogP contribution in [0.5, 0.6) is 0 Å². The molecule has 1 fully saturated rings. The molecule has 0 aliphatic heterocycles. The fourth-order valence-corrected chi connectivity index (χ4v) is 3.34. The molecule has 1 aromatic carbocycles. The fraction of sp³-hybridized carbons (Fsp3) is 0.625. The Morgan fingerprint density at radius 1 is 1.06 bits per heavy atom. The maximum atomic E-state index is 5.95. The molecule has 2 nitrogen and oxygen atoms in total. The van der Waals surface area contributed by atoms with E-state index in [4.69, 9.17) is 5.73 Å². The zero-order valence-electron chi connectivity index (χ0n) is 11.1. The van der Waals surface area contributed by atoms with E-state index in [1.165, 1.54) is 50.6 Å². The summed E-state index contributed by atoms with van der Waals surface area (Å²) in [6, 6.07) is 7.37. The van der Waals surface area contributed by atoms with Gasteiger partial charge in [0, 0.05) is 18.3 Å². The van der Waals surface area contributed by atoms with E-state index in [-0.39, 0.29) is 0 Å². The molecule has 0 spiro atoms. The van der Waals surface area contributed by atoms with E-state index in [0.717, 1.165) is 12.5 Å². The molecule has 2 aliphatic rings. The van der Waals surface area contributed by atoms with Gasteiger partial charge in [0.1, 0.15) is 0 Å². The first-order valence-corrected chi connectivity index (χ1v) is 7.42. The van der Waals surface area contributed by atoms with Gasteiger partial charge in [-0.15, -0.1) is 0 Å². The molecule has 0 saturated heterocycles. The van der Waals surface area contributed by atoms with Crippen molar-refractivity contribution in [2.24, 2.45) is 11.7 Å². The van der Waals surface area contributed by atoms with Crippen LogP contribution in [0.1, 0.15) is 43.2 Å². The van der Waals surface area contributed by atoms with Crippen LogP contribution in [0.25, 0.3) is 0 Å². The molecule has 0 heterocycles. The van der Waals surface area contributed by atoms with Crippen molar-refractivity contribution in [1.29, 1.82) is 0 Å². The number of hydrogen-bond acceptors (Lipinski definition) is 2. The van der Waals surface area contributed by atoms with E-state index in [2.05, 4.69) is 23.5 Å². The summed E-state index contributed by atoms with van der Waals surface area (Å²) in [5, 5.41) is 3.62. The molecular formula is C16H24N2. The maximum absolute atomic E-state index is 5.95. The molecule has 3 N–H and O–H groups in total. The lowest BCUT2D eigenvalue weighted by Crippen LogP contribution is -2.29. The minimum absolute atomic E-state index is 0.459. The molecule has 0 atom stereocenters. The number of nitrogens with two attached hydrogens (primary N) is 1. The molecule has 3 rings (SSSR count). The van der Waals surface area contributed by atoms with Gasteiger partial charge in [0.25, 0.3) is 0 Å². The normalized spacial score (nSPS) is 26.9. The molecule has 0 amide bonds. The largest absolute Gasteiger partial charge is 0.385 e. The smallest absolute Gasteiger partial charge is 0.0343 e. The Morgan fingerprint density at radius 3 is 2.67 bits per heavy atom. The Labute approximate surface area is 110 Å². The van der Waals surface area contributed by atoms with E-state index in [9.17, 15) is 0 Å². The molecule has 1 aromatic rings. The summed E-state index contributed by atoms with van der Waals surface area (Å²) in [6.07, 6.45) is 8.86. The second-order valence-electron chi connectivity index (χ2n) is 6.00. The van der Waals surface area contributed by atoms with Gasteiger partial charge in [-0.25, -0.2) is 0 Å². The van der Waals surface area contributed by atoms with Crippen LogP contribution in [0.15, 0.2) is 18.2 Å². The summed E-state index contributed by atoms with van der Waals surface area (Å²) >= 11 is 0. The number of hydrogen-bond donors (Lipinski definition) is 2. The van der Waals surface area contributed by atoms with Gasteiger partial charge in [-0.1, -0.05) is 6.07 Å². The number of nitrogens with one attached hydrogen (secondary N) is 1. The van der Waals surface area contributed by atoms with Crippen molar-refractivity contribution in [3.8, 4) is 0 Å². The molecule has 98 valence electrons. The number of benzene rings is 1. The molecular weight excluding hydrogens is 220 g/mol. The molecule has 0 bridgehead atoms. The summed E-state index contributed by atoms with van der Waals surface area (Å²) in [7, 11) is 0. The Hall–Kier alpha value is -1.02. The van der Waals surface area contributed by atoms with Crippen molar-refractivity contribution < 1.29 is 0 Å². The zero-order valence-corrected chi connectivity index (χ0v) is 11.1. The van der Waals surface area contributed by atoms with E-state index < -0.39 is 0 Å². The SMILES string of the molecule is N[C@H]1CC[C@H](CNc2ccc3c(c2)CCC3)CC1. The van der Waals surface area contributed by atoms with E-state index in [1.807, 2.05) is 0 Å². The Kier molecular flexibility index (Phi) is 3.55. The number of aryl methyl sites for hydroxylation is 2. The van der Waals surface area contributed by atoms with Crippen molar-refractivity contribution in [2.75, 3.05) is 11.9 Å². The van der Waals surface area contributed by atoms with E-state index in [1.54, 1.807) is 11.1 Å². The fourth-order valence-electron chi connectivity index (χ4n) is 3.34. The number of rotatable bonds is 3. The van der Waals surface area contributed by atoms with Gasteiger partial charge >= 0.3 is 0 Å². The zero-order chi connectivity index (χ0) is 12.4. The first-order valence-electron chi connectivity index (χ1n) is 7.42. The van der Waals surface area contributed by atoms with Crippen molar-refractivity contribution in [2.45, 2.75) is 51.0 Å². The Balaban J connectivity index is 1.54. The highest BCUT2D eigenvalue weighted by molar-refractivity contribution is 5.50. The van der Waals surface area contributed by atoms with Crippen LogP contribution in [0, 0.1) is 5.92 Å².